The zero-order valence-corrected chi connectivity index (χ0v) is 15.8. The molecule has 0 radical (unpaired) electrons. The van der Waals surface area contributed by atoms with Crippen molar-refractivity contribution in [3.8, 4) is 0 Å². The molecule has 3 N–H and O–H groups in total. The number of hydrogen-bond acceptors (Lipinski definition) is 5. The monoisotopic (exact) mass is 437 g/mol. The van der Waals surface area contributed by atoms with E-state index in [0.29, 0.717) is 12.5 Å². The minimum absolute atomic E-state index is 0. The molecule has 6 nitrogen and oxygen atoms in total. The van der Waals surface area contributed by atoms with E-state index in [1.165, 1.54) is 0 Å². The van der Waals surface area contributed by atoms with Gasteiger partial charge < -0.3 is 20.6 Å². The van der Waals surface area contributed by atoms with Crippen LogP contribution in [-0.4, -0.2) is 59.3 Å². The number of guanidine groups is 1. The summed E-state index contributed by atoms with van der Waals surface area (Å²) >= 11 is 1.67. The Labute approximate surface area is 152 Å². The Morgan fingerprint density at radius 1 is 1.32 bits per heavy atom. The number of hydrogen-bond donors (Lipinski definition) is 2. The van der Waals surface area contributed by atoms with Gasteiger partial charge in [0.25, 0.3) is 0 Å². The van der Waals surface area contributed by atoms with Crippen LogP contribution < -0.4 is 10.6 Å². The number of thiazole rings is 1. The fourth-order valence-corrected chi connectivity index (χ4v) is 3.72. The van der Waals surface area contributed by atoms with Gasteiger partial charge in [-0.3, -0.25) is 4.99 Å². The van der Waals surface area contributed by atoms with Crippen LogP contribution in [0.25, 0.3) is 0 Å². The van der Waals surface area contributed by atoms with Crippen molar-refractivity contribution in [1.29, 1.82) is 0 Å². The van der Waals surface area contributed by atoms with E-state index in [9.17, 15) is 5.11 Å². The maximum absolute atomic E-state index is 10.3. The highest BCUT2D eigenvalue weighted by Crippen LogP contribution is 2.29. The maximum atomic E-state index is 10.3. The lowest BCUT2D eigenvalue weighted by atomic mass is 10.0. The number of aliphatic hydroxyl groups is 1. The van der Waals surface area contributed by atoms with E-state index in [4.69, 9.17) is 5.73 Å². The van der Waals surface area contributed by atoms with Crippen molar-refractivity contribution in [2.45, 2.75) is 31.3 Å². The van der Waals surface area contributed by atoms with Crippen LogP contribution in [0.15, 0.2) is 16.6 Å². The summed E-state index contributed by atoms with van der Waals surface area (Å²) in [5, 5.41) is 13.4. The number of nitrogens with two attached hydrogens (primary N) is 1. The van der Waals surface area contributed by atoms with Crippen molar-refractivity contribution in [2.24, 2.45) is 10.7 Å². The molecule has 124 valence electrons. The van der Waals surface area contributed by atoms with Gasteiger partial charge in [-0.05, 0) is 12.8 Å². The van der Waals surface area contributed by atoms with Gasteiger partial charge in [0.15, 0.2) is 11.1 Å². The number of anilines is 1. The fraction of sp³-hybridized carbons (Fsp3) is 0.714. The number of rotatable bonds is 3. The molecule has 0 unspecified atom stereocenters. The molecular formula is C14H24IN5OS. The first-order chi connectivity index (χ1) is 10.2. The van der Waals surface area contributed by atoms with Gasteiger partial charge in [0, 0.05) is 37.8 Å². The van der Waals surface area contributed by atoms with E-state index in [2.05, 4.69) is 19.8 Å². The van der Waals surface area contributed by atoms with E-state index >= 15 is 0 Å². The molecule has 0 amide bonds. The highest BCUT2D eigenvalue weighted by atomic mass is 127. The second kappa shape index (κ2) is 7.78. The molecule has 1 aliphatic carbocycles. The van der Waals surface area contributed by atoms with E-state index in [0.717, 1.165) is 57.0 Å². The molecule has 2 fully saturated rings. The molecule has 3 rings (SSSR count). The van der Waals surface area contributed by atoms with Crippen molar-refractivity contribution in [1.82, 2.24) is 9.88 Å². The van der Waals surface area contributed by atoms with Crippen molar-refractivity contribution in [3.63, 3.8) is 0 Å². The van der Waals surface area contributed by atoms with Crippen LogP contribution in [0.3, 0.4) is 0 Å². The van der Waals surface area contributed by atoms with Crippen molar-refractivity contribution < 1.29 is 5.11 Å². The standard InChI is InChI=1S/C14H23N5OS.HI/c15-12(17-11-14(20)3-1-2-4-14)18-6-8-19(9-7-18)13-16-5-10-21-13;/h5,10,20H,1-4,6-9,11H2,(H2,15,17);1H. The first kappa shape index (κ1) is 17.7. The highest BCUT2D eigenvalue weighted by Gasteiger charge is 2.31. The van der Waals surface area contributed by atoms with Crippen LogP contribution in [0, 0.1) is 0 Å². The Kier molecular flexibility index (Phi) is 6.27. The lowest BCUT2D eigenvalue weighted by Gasteiger charge is -2.35. The van der Waals surface area contributed by atoms with E-state index in [1.54, 1.807) is 11.3 Å². The molecule has 1 aromatic heterocycles. The molecule has 8 heteroatoms. The lowest BCUT2D eigenvalue weighted by molar-refractivity contribution is 0.0572. The SMILES string of the molecule is I.NC(=NCC1(O)CCCC1)N1CCN(c2nccs2)CC1. The summed E-state index contributed by atoms with van der Waals surface area (Å²) in [4.78, 5) is 13.1. The second-order valence-electron chi connectivity index (χ2n) is 5.89. The lowest BCUT2D eigenvalue weighted by Crippen LogP contribution is -2.51. The van der Waals surface area contributed by atoms with Crippen molar-refractivity contribution >= 4 is 46.4 Å². The molecule has 2 aliphatic rings. The van der Waals surface area contributed by atoms with Gasteiger partial charge >= 0.3 is 0 Å². The first-order valence-corrected chi connectivity index (χ1v) is 8.46. The summed E-state index contributed by atoms with van der Waals surface area (Å²) in [6.45, 7) is 3.97. The summed E-state index contributed by atoms with van der Waals surface area (Å²) in [5.74, 6) is 0.564. The predicted octanol–water partition coefficient (Wildman–Crippen LogP) is 1.50. The Hall–Kier alpha value is -0.610. The third-order valence-electron chi connectivity index (χ3n) is 4.36. The average Bonchev–Trinajstić information content (AvgIpc) is 3.17. The van der Waals surface area contributed by atoms with Gasteiger partial charge in [-0.15, -0.1) is 35.3 Å². The Morgan fingerprint density at radius 3 is 2.59 bits per heavy atom. The number of aromatic nitrogens is 1. The van der Waals surface area contributed by atoms with Crippen LogP contribution in [0.1, 0.15) is 25.7 Å². The Bertz CT molecular complexity index is 481. The molecule has 1 aliphatic heterocycles. The number of piperazine rings is 1. The highest BCUT2D eigenvalue weighted by molar-refractivity contribution is 14.0. The first-order valence-electron chi connectivity index (χ1n) is 7.58. The van der Waals surface area contributed by atoms with Gasteiger partial charge in [0.1, 0.15) is 0 Å². The molecule has 0 bridgehead atoms. The predicted molar refractivity (Wildman–Crippen MR) is 101 cm³/mol. The van der Waals surface area contributed by atoms with Gasteiger partial charge in [0.2, 0.25) is 0 Å². The van der Waals surface area contributed by atoms with E-state index in [-0.39, 0.29) is 24.0 Å². The minimum Gasteiger partial charge on any atom is -0.388 e. The van der Waals surface area contributed by atoms with Crippen LogP contribution in [0.5, 0.6) is 0 Å². The molecule has 1 saturated heterocycles. The second-order valence-corrected chi connectivity index (χ2v) is 6.77. The van der Waals surface area contributed by atoms with Crippen LogP contribution in [0.2, 0.25) is 0 Å². The molecule has 2 heterocycles. The Morgan fingerprint density at radius 2 is 2.00 bits per heavy atom. The molecular weight excluding hydrogens is 413 g/mol. The number of halogens is 1. The van der Waals surface area contributed by atoms with Crippen LogP contribution in [-0.2, 0) is 0 Å². The third kappa shape index (κ3) is 4.23. The maximum Gasteiger partial charge on any atom is 0.191 e. The topological polar surface area (TPSA) is 78.0 Å². The van der Waals surface area contributed by atoms with Crippen LogP contribution >= 0.6 is 35.3 Å². The summed E-state index contributed by atoms with van der Waals surface area (Å²) in [6.07, 6.45) is 5.73. The van der Waals surface area contributed by atoms with Crippen LogP contribution in [0.4, 0.5) is 5.13 Å². The number of aliphatic imine (C=N–C) groups is 1. The largest absolute Gasteiger partial charge is 0.388 e. The average molecular weight is 437 g/mol. The van der Waals surface area contributed by atoms with Gasteiger partial charge in [-0.2, -0.15) is 0 Å². The molecule has 0 aromatic carbocycles. The smallest absolute Gasteiger partial charge is 0.191 e. The minimum atomic E-state index is -0.618. The molecule has 0 atom stereocenters. The zero-order chi connectivity index (χ0) is 14.7. The quantitative estimate of drug-likeness (QED) is 0.426. The summed E-state index contributed by atoms with van der Waals surface area (Å²) in [5.41, 5.74) is 5.47. The van der Waals surface area contributed by atoms with Crippen molar-refractivity contribution in [3.05, 3.63) is 11.6 Å². The van der Waals surface area contributed by atoms with Gasteiger partial charge in [0.05, 0.1) is 12.1 Å². The molecule has 0 spiro atoms. The summed E-state index contributed by atoms with van der Waals surface area (Å²) < 4.78 is 0. The zero-order valence-electron chi connectivity index (χ0n) is 12.6. The summed E-state index contributed by atoms with van der Waals surface area (Å²) in [6, 6.07) is 0. The fourth-order valence-electron chi connectivity index (χ4n) is 3.02. The normalized spacial score (nSPS) is 21.8. The van der Waals surface area contributed by atoms with Crippen molar-refractivity contribution in [2.75, 3.05) is 37.6 Å². The van der Waals surface area contributed by atoms with E-state index in [1.807, 2.05) is 11.6 Å². The Balaban J connectivity index is 0.00000176. The number of nitrogens with zero attached hydrogens (tertiary/aromatic N) is 4. The molecule has 22 heavy (non-hydrogen) atoms. The third-order valence-corrected chi connectivity index (χ3v) is 5.20. The van der Waals surface area contributed by atoms with Gasteiger partial charge in [-0.1, -0.05) is 12.8 Å². The van der Waals surface area contributed by atoms with E-state index < -0.39 is 5.60 Å². The molecule has 1 saturated carbocycles. The summed E-state index contributed by atoms with van der Waals surface area (Å²) in [7, 11) is 0. The molecule has 1 aromatic rings. The van der Waals surface area contributed by atoms with Gasteiger partial charge in [-0.25, -0.2) is 4.98 Å².